The Morgan fingerprint density at radius 2 is 1.65 bits per heavy atom. The molecule has 0 saturated heterocycles. The molecule has 4 aromatic rings. The van der Waals surface area contributed by atoms with Crippen molar-refractivity contribution in [1.82, 2.24) is 25.5 Å². The highest BCUT2D eigenvalue weighted by atomic mass is 16.4. The summed E-state index contributed by atoms with van der Waals surface area (Å²) in [5.74, 6) is -0.575. The molecular weight excluding hydrogens is 430 g/mol. The van der Waals surface area contributed by atoms with Gasteiger partial charge in [0, 0.05) is 18.5 Å². The maximum absolute atomic E-state index is 12.7. The highest BCUT2D eigenvalue weighted by Gasteiger charge is 2.25. The van der Waals surface area contributed by atoms with Gasteiger partial charge in [0.2, 0.25) is 11.7 Å². The van der Waals surface area contributed by atoms with Gasteiger partial charge in [-0.3, -0.25) is 4.79 Å². The Bertz CT molecular complexity index is 1290. The summed E-state index contributed by atoms with van der Waals surface area (Å²) in [6.07, 6.45) is 1.99. The largest absolute Gasteiger partial charge is 0.480 e. The van der Waals surface area contributed by atoms with Crippen LogP contribution in [0.1, 0.15) is 38.7 Å². The number of unbranched alkanes of at least 4 members (excludes halogenated alkanes) is 1. The van der Waals surface area contributed by atoms with Gasteiger partial charge >= 0.3 is 5.97 Å². The summed E-state index contributed by atoms with van der Waals surface area (Å²) >= 11 is 0. The predicted molar refractivity (Wildman–Crippen MR) is 130 cm³/mol. The second kappa shape index (κ2) is 10.2. The van der Waals surface area contributed by atoms with E-state index < -0.39 is 12.0 Å². The fourth-order valence-corrected chi connectivity index (χ4v) is 3.91. The van der Waals surface area contributed by atoms with Crippen LogP contribution in [0.2, 0.25) is 0 Å². The first kappa shape index (κ1) is 23.1. The van der Waals surface area contributed by atoms with Crippen LogP contribution in [0.25, 0.3) is 33.3 Å². The summed E-state index contributed by atoms with van der Waals surface area (Å²) < 4.78 is 0. The van der Waals surface area contributed by atoms with Gasteiger partial charge < -0.3 is 10.0 Å². The predicted octanol–water partition coefficient (Wildman–Crippen LogP) is 4.68. The number of nitrogens with zero attached hydrogens (tertiary/aromatic N) is 4. The second-order valence-corrected chi connectivity index (χ2v) is 8.35. The van der Waals surface area contributed by atoms with Crippen LogP contribution in [0, 0.1) is 0 Å². The molecule has 34 heavy (non-hydrogen) atoms. The number of carbonyl (C=O) groups excluding carboxylic acids is 1. The number of aliphatic carboxylic acids is 1. The molecule has 0 fully saturated rings. The number of benzene rings is 3. The van der Waals surface area contributed by atoms with E-state index in [0.29, 0.717) is 12.2 Å². The van der Waals surface area contributed by atoms with Crippen LogP contribution < -0.4 is 0 Å². The van der Waals surface area contributed by atoms with Gasteiger partial charge in [-0.25, -0.2) is 4.79 Å². The minimum absolute atomic E-state index is 0.128. The Labute approximate surface area is 197 Å². The van der Waals surface area contributed by atoms with E-state index in [1.807, 2.05) is 55.5 Å². The first-order valence-electron chi connectivity index (χ1n) is 11.4. The summed E-state index contributed by atoms with van der Waals surface area (Å²) in [6.45, 7) is 3.84. The zero-order valence-electron chi connectivity index (χ0n) is 19.2. The number of aromatic amines is 1. The first-order chi connectivity index (χ1) is 16.5. The Balaban J connectivity index is 1.55. The molecule has 1 amide bonds. The lowest BCUT2D eigenvalue weighted by atomic mass is 9.99. The number of fused-ring (bicyclic) bond motifs is 1. The summed E-state index contributed by atoms with van der Waals surface area (Å²) in [6, 6.07) is 19.3. The first-order valence-corrected chi connectivity index (χ1v) is 11.4. The Kier molecular flexibility index (Phi) is 6.96. The van der Waals surface area contributed by atoms with Gasteiger partial charge in [0.1, 0.15) is 6.04 Å². The molecule has 1 unspecified atom stereocenters. The van der Waals surface area contributed by atoms with Crippen LogP contribution in [0.3, 0.4) is 0 Å². The Morgan fingerprint density at radius 1 is 0.971 bits per heavy atom. The van der Waals surface area contributed by atoms with Crippen LogP contribution in [-0.2, 0) is 16.1 Å². The topological polar surface area (TPSA) is 112 Å². The van der Waals surface area contributed by atoms with Gasteiger partial charge in [-0.1, -0.05) is 61.9 Å². The number of hydrogen-bond donors (Lipinski definition) is 2. The molecule has 4 rings (SSSR count). The van der Waals surface area contributed by atoms with Crippen molar-refractivity contribution in [2.75, 3.05) is 0 Å². The molecule has 2 N–H and O–H groups in total. The fourth-order valence-electron chi connectivity index (χ4n) is 3.91. The monoisotopic (exact) mass is 457 g/mol. The minimum atomic E-state index is -0.999. The normalized spacial score (nSPS) is 11.9. The number of amides is 1. The zero-order chi connectivity index (χ0) is 24.1. The molecule has 3 aromatic carbocycles. The van der Waals surface area contributed by atoms with Crippen molar-refractivity contribution in [2.45, 2.75) is 45.7 Å². The third-order valence-corrected chi connectivity index (χ3v) is 5.97. The van der Waals surface area contributed by atoms with Gasteiger partial charge in [0.25, 0.3) is 0 Å². The van der Waals surface area contributed by atoms with E-state index >= 15 is 0 Å². The van der Waals surface area contributed by atoms with Gasteiger partial charge in [-0.05, 0) is 58.2 Å². The number of hydrogen-bond acceptors (Lipinski definition) is 5. The van der Waals surface area contributed by atoms with Gasteiger partial charge in [0.15, 0.2) is 0 Å². The average Bonchev–Trinajstić information content (AvgIpc) is 3.40. The molecule has 0 aliphatic carbocycles. The zero-order valence-corrected chi connectivity index (χ0v) is 19.2. The molecular formula is C26H27N5O3. The lowest BCUT2D eigenvalue weighted by Gasteiger charge is -2.27. The number of carboxylic acid groups (broad SMARTS) is 1. The Hall–Kier alpha value is -4.07. The maximum Gasteiger partial charge on any atom is 0.326 e. The van der Waals surface area contributed by atoms with Gasteiger partial charge in [-0.15, -0.1) is 10.2 Å². The van der Waals surface area contributed by atoms with E-state index in [4.69, 9.17) is 0 Å². The number of H-pyrrole nitrogens is 1. The quantitative estimate of drug-likeness (QED) is 0.377. The molecule has 0 aliphatic heterocycles. The van der Waals surface area contributed by atoms with Crippen molar-refractivity contribution in [3.8, 4) is 22.5 Å². The van der Waals surface area contributed by atoms with Crippen molar-refractivity contribution in [3.05, 3.63) is 66.2 Å². The van der Waals surface area contributed by atoms with Crippen molar-refractivity contribution in [2.24, 2.45) is 0 Å². The standard InChI is InChI=1S/C26H27N5O3/c1-3-4-5-24(32)31(17(2)26(33)34)16-18-6-7-23-15-22(13-12-21(23)14-18)19-8-10-20(11-9-19)25-27-29-30-28-25/h6-15,17H,3-5,16H2,1-2H3,(H,33,34)(H,27,28,29,30). The molecule has 0 bridgehead atoms. The van der Waals surface area contributed by atoms with Crippen LogP contribution >= 0.6 is 0 Å². The van der Waals surface area contributed by atoms with Crippen molar-refractivity contribution in [3.63, 3.8) is 0 Å². The molecule has 0 aliphatic rings. The SMILES string of the molecule is CCCCC(=O)N(Cc1ccc2cc(-c3ccc(-c4nn[nH]n4)cc3)ccc2c1)C(C)C(=O)O. The van der Waals surface area contributed by atoms with E-state index in [9.17, 15) is 14.7 Å². The molecule has 1 heterocycles. The third kappa shape index (κ3) is 5.11. The maximum atomic E-state index is 12.7. The van der Waals surface area contributed by atoms with Crippen molar-refractivity contribution < 1.29 is 14.7 Å². The van der Waals surface area contributed by atoms with Gasteiger partial charge in [0.05, 0.1) is 0 Å². The highest BCUT2D eigenvalue weighted by Crippen LogP contribution is 2.27. The van der Waals surface area contributed by atoms with E-state index in [1.165, 1.54) is 4.90 Å². The summed E-state index contributed by atoms with van der Waals surface area (Å²) in [4.78, 5) is 25.7. The smallest absolute Gasteiger partial charge is 0.326 e. The van der Waals surface area contributed by atoms with Gasteiger partial charge in [-0.2, -0.15) is 5.21 Å². The van der Waals surface area contributed by atoms with E-state index in [-0.39, 0.29) is 12.5 Å². The van der Waals surface area contributed by atoms with Crippen LogP contribution in [0.4, 0.5) is 0 Å². The molecule has 1 aromatic heterocycles. The Morgan fingerprint density at radius 3 is 2.32 bits per heavy atom. The van der Waals surface area contributed by atoms with E-state index in [2.05, 4.69) is 32.8 Å². The summed E-state index contributed by atoms with van der Waals surface area (Å²) in [5.41, 5.74) is 3.94. The average molecular weight is 458 g/mol. The van der Waals surface area contributed by atoms with E-state index in [0.717, 1.165) is 45.9 Å². The number of tetrazole rings is 1. The van der Waals surface area contributed by atoms with Crippen LogP contribution in [-0.4, -0.2) is 48.5 Å². The van der Waals surface area contributed by atoms with E-state index in [1.54, 1.807) is 6.92 Å². The molecule has 0 saturated carbocycles. The van der Waals surface area contributed by atoms with Crippen LogP contribution in [0.5, 0.6) is 0 Å². The highest BCUT2D eigenvalue weighted by molar-refractivity contribution is 5.88. The number of carboxylic acids is 1. The second-order valence-electron chi connectivity index (χ2n) is 8.35. The third-order valence-electron chi connectivity index (χ3n) is 5.97. The lowest BCUT2D eigenvalue weighted by Crippen LogP contribution is -2.42. The lowest BCUT2D eigenvalue weighted by molar-refractivity contribution is -0.150. The molecule has 8 nitrogen and oxygen atoms in total. The van der Waals surface area contributed by atoms with Crippen LogP contribution in [0.15, 0.2) is 60.7 Å². The molecule has 174 valence electrons. The number of carbonyl (C=O) groups is 2. The summed E-state index contributed by atoms with van der Waals surface area (Å²) in [5, 5.41) is 25.6. The minimum Gasteiger partial charge on any atom is -0.480 e. The summed E-state index contributed by atoms with van der Waals surface area (Å²) in [7, 11) is 0. The molecule has 0 spiro atoms. The van der Waals surface area contributed by atoms with Crippen molar-refractivity contribution >= 4 is 22.6 Å². The number of rotatable bonds is 9. The number of nitrogens with one attached hydrogen (secondary N) is 1. The molecule has 1 atom stereocenters. The number of aromatic nitrogens is 4. The van der Waals surface area contributed by atoms with Crippen molar-refractivity contribution in [1.29, 1.82) is 0 Å². The molecule has 8 heteroatoms. The molecule has 0 radical (unpaired) electrons. The fraction of sp³-hybridized carbons (Fsp3) is 0.269.